The molecule has 0 bridgehead atoms. The zero-order chi connectivity index (χ0) is 19.7. The molecule has 9 heteroatoms. The Bertz CT molecular complexity index is 1070. The lowest BCUT2D eigenvalue weighted by Crippen LogP contribution is -2.09. The number of guanidine groups is 1. The van der Waals surface area contributed by atoms with Crippen LogP contribution in [-0.2, 0) is 0 Å². The molecule has 3 aromatic rings. The van der Waals surface area contributed by atoms with Gasteiger partial charge in [-0.05, 0) is 50.7 Å². The van der Waals surface area contributed by atoms with Crippen LogP contribution in [0, 0.1) is 6.92 Å². The summed E-state index contributed by atoms with van der Waals surface area (Å²) < 4.78 is 2.09. The van der Waals surface area contributed by atoms with Crippen molar-refractivity contribution in [3.63, 3.8) is 0 Å². The summed E-state index contributed by atoms with van der Waals surface area (Å²) in [5.74, 6) is 2.01. The lowest BCUT2D eigenvalue weighted by molar-refractivity contribution is 0.749. The zero-order valence-electron chi connectivity index (χ0n) is 15.3. The van der Waals surface area contributed by atoms with Gasteiger partial charge in [0.2, 0.25) is 11.9 Å². The fourth-order valence-corrected chi connectivity index (χ4v) is 3.12. The van der Waals surface area contributed by atoms with Gasteiger partial charge in [-0.3, -0.25) is 0 Å². The predicted molar refractivity (Wildman–Crippen MR) is 112 cm³/mol. The average Bonchev–Trinajstić information content (AvgIpc) is 3.46. The minimum absolute atomic E-state index is 0.210. The Morgan fingerprint density at radius 3 is 2.82 bits per heavy atom. The molecule has 28 heavy (non-hydrogen) atoms. The van der Waals surface area contributed by atoms with Gasteiger partial charge in [0.05, 0.1) is 5.69 Å². The number of nitrogens with one attached hydrogen (secondary N) is 1. The van der Waals surface area contributed by atoms with Crippen LogP contribution in [0.3, 0.4) is 0 Å². The van der Waals surface area contributed by atoms with Crippen LogP contribution in [0.5, 0.6) is 0 Å². The van der Waals surface area contributed by atoms with E-state index in [-0.39, 0.29) is 5.95 Å². The number of hydrogen-bond donors (Lipinski definition) is 2. The van der Waals surface area contributed by atoms with Crippen LogP contribution < -0.4 is 11.1 Å². The Kier molecular flexibility index (Phi) is 4.79. The number of anilines is 2. The summed E-state index contributed by atoms with van der Waals surface area (Å²) in [5, 5.41) is 3.76. The maximum atomic E-state index is 6.05. The van der Waals surface area contributed by atoms with E-state index in [4.69, 9.17) is 27.3 Å². The summed E-state index contributed by atoms with van der Waals surface area (Å²) in [7, 11) is 0. The number of rotatable bonds is 4. The van der Waals surface area contributed by atoms with Gasteiger partial charge in [0.15, 0.2) is 11.6 Å². The van der Waals surface area contributed by atoms with E-state index < -0.39 is 0 Å². The van der Waals surface area contributed by atoms with E-state index in [1.165, 1.54) is 0 Å². The van der Waals surface area contributed by atoms with Crippen LogP contribution in [0.25, 0.3) is 11.5 Å². The minimum Gasteiger partial charge on any atom is -0.368 e. The second-order valence-electron chi connectivity index (χ2n) is 6.47. The van der Waals surface area contributed by atoms with Crippen molar-refractivity contribution < 1.29 is 0 Å². The average molecular weight is 395 g/mol. The number of aromatic nitrogens is 4. The first kappa shape index (κ1) is 18.1. The first-order valence-electron chi connectivity index (χ1n) is 8.81. The fourth-order valence-electron chi connectivity index (χ4n) is 2.93. The molecule has 2 aromatic heterocycles. The molecule has 4 rings (SSSR count). The molecule has 1 aliphatic rings. The molecule has 0 unspecified atom stereocenters. The zero-order valence-corrected chi connectivity index (χ0v) is 16.1. The van der Waals surface area contributed by atoms with E-state index in [1.807, 2.05) is 19.1 Å². The van der Waals surface area contributed by atoms with E-state index in [0.717, 1.165) is 30.0 Å². The maximum Gasteiger partial charge on any atom is 0.228 e. The van der Waals surface area contributed by atoms with Gasteiger partial charge >= 0.3 is 0 Å². The molecule has 1 saturated carbocycles. The van der Waals surface area contributed by atoms with Crippen molar-refractivity contribution >= 4 is 41.7 Å². The molecule has 142 valence electrons. The van der Waals surface area contributed by atoms with Crippen LogP contribution in [0.2, 0.25) is 5.02 Å². The summed E-state index contributed by atoms with van der Waals surface area (Å²) >= 11 is 6.05. The first-order valence-corrected chi connectivity index (χ1v) is 9.18. The molecule has 1 aromatic carbocycles. The number of benzene rings is 1. The van der Waals surface area contributed by atoms with Gasteiger partial charge in [-0.25, -0.2) is 19.9 Å². The third-order valence-corrected chi connectivity index (χ3v) is 4.55. The van der Waals surface area contributed by atoms with Gasteiger partial charge in [-0.1, -0.05) is 17.7 Å². The first-order chi connectivity index (χ1) is 13.5. The Morgan fingerprint density at radius 1 is 1.32 bits per heavy atom. The lowest BCUT2D eigenvalue weighted by Gasteiger charge is -2.10. The molecule has 0 aliphatic heterocycles. The highest BCUT2D eigenvalue weighted by Crippen LogP contribution is 2.43. The Morgan fingerprint density at radius 2 is 2.14 bits per heavy atom. The van der Waals surface area contributed by atoms with Crippen molar-refractivity contribution in [3.8, 4) is 11.5 Å². The van der Waals surface area contributed by atoms with Crippen LogP contribution in [0.1, 0.15) is 24.6 Å². The standard InChI is InChI=1S/C19H19ClN8/c1-11-16(27-19(22-2)25-13-5-3-4-12(20)10-13)28(14-6-7-14)17(24-11)15-8-9-23-18(21)26-15/h3-5,8-10,14H,2,6-7H2,1H3,(H,25,27)(H2,21,23,26). The Hall–Kier alpha value is -3.26. The summed E-state index contributed by atoms with van der Waals surface area (Å²) in [6, 6.07) is 9.44. The van der Waals surface area contributed by atoms with Gasteiger partial charge in [0.1, 0.15) is 5.69 Å². The number of aliphatic imine (C=N–C) groups is 2. The normalized spacial score (nSPS) is 14.1. The number of aryl methyl sites for hydroxylation is 1. The molecule has 0 saturated heterocycles. The maximum absolute atomic E-state index is 6.05. The van der Waals surface area contributed by atoms with E-state index in [9.17, 15) is 0 Å². The number of nitrogens with zero attached hydrogens (tertiary/aromatic N) is 6. The molecule has 1 aliphatic carbocycles. The third-order valence-electron chi connectivity index (χ3n) is 4.31. The highest BCUT2D eigenvalue weighted by molar-refractivity contribution is 6.30. The topological polar surface area (TPSA) is 106 Å². The van der Waals surface area contributed by atoms with E-state index in [2.05, 4.69) is 31.6 Å². The van der Waals surface area contributed by atoms with Crippen LogP contribution in [-0.4, -0.2) is 32.2 Å². The number of nitrogen functional groups attached to an aromatic ring is 1. The van der Waals surface area contributed by atoms with Gasteiger partial charge < -0.3 is 15.6 Å². The summed E-state index contributed by atoms with van der Waals surface area (Å²) in [4.78, 5) is 21.7. The van der Waals surface area contributed by atoms with Crippen molar-refractivity contribution in [1.29, 1.82) is 0 Å². The molecule has 1 fully saturated rings. The summed E-state index contributed by atoms with van der Waals surface area (Å²) in [6.45, 7) is 5.54. The minimum atomic E-state index is 0.210. The molecule has 3 N–H and O–H groups in total. The number of halogens is 1. The number of hydrogen-bond acceptors (Lipinski definition) is 5. The smallest absolute Gasteiger partial charge is 0.228 e. The molecular formula is C19H19ClN8. The molecule has 0 spiro atoms. The third kappa shape index (κ3) is 3.72. The lowest BCUT2D eigenvalue weighted by atomic mass is 10.3. The van der Waals surface area contributed by atoms with Crippen LogP contribution >= 0.6 is 11.6 Å². The summed E-state index contributed by atoms with van der Waals surface area (Å²) in [6.07, 6.45) is 3.74. The molecule has 8 nitrogen and oxygen atoms in total. The summed E-state index contributed by atoms with van der Waals surface area (Å²) in [5.41, 5.74) is 7.97. The highest BCUT2D eigenvalue weighted by atomic mass is 35.5. The van der Waals surface area contributed by atoms with Crippen molar-refractivity contribution in [2.75, 3.05) is 11.1 Å². The molecule has 2 heterocycles. The second-order valence-corrected chi connectivity index (χ2v) is 6.91. The quantitative estimate of drug-likeness (QED) is 0.513. The van der Waals surface area contributed by atoms with Crippen molar-refractivity contribution in [1.82, 2.24) is 19.5 Å². The molecule has 0 atom stereocenters. The van der Waals surface area contributed by atoms with Crippen molar-refractivity contribution in [2.24, 2.45) is 9.98 Å². The number of nitrogens with two attached hydrogens (primary N) is 1. The largest absolute Gasteiger partial charge is 0.368 e. The highest BCUT2D eigenvalue weighted by Gasteiger charge is 2.31. The second kappa shape index (κ2) is 7.40. The Labute approximate surface area is 167 Å². The molecular weight excluding hydrogens is 376 g/mol. The van der Waals surface area contributed by atoms with E-state index in [0.29, 0.717) is 28.5 Å². The van der Waals surface area contributed by atoms with Crippen molar-refractivity contribution in [2.45, 2.75) is 25.8 Å². The fraction of sp³-hybridized carbons (Fsp3) is 0.211. The van der Waals surface area contributed by atoms with Crippen LogP contribution in [0.4, 0.5) is 17.5 Å². The molecule has 0 radical (unpaired) electrons. The monoisotopic (exact) mass is 394 g/mol. The van der Waals surface area contributed by atoms with E-state index in [1.54, 1.807) is 24.4 Å². The number of imidazole rings is 1. The Balaban J connectivity index is 1.76. The van der Waals surface area contributed by atoms with Gasteiger partial charge in [0, 0.05) is 22.9 Å². The van der Waals surface area contributed by atoms with Gasteiger partial charge in [-0.2, -0.15) is 4.99 Å². The van der Waals surface area contributed by atoms with Crippen molar-refractivity contribution in [3.05, 3.63) is 47.2 Å². The van der Waals surface area contributed by atoms with Gasteiger partial charge in [-0.15, -0.1) is 0 Å². The van der Waals surface area contributed by atoms with Gasteiger partial charge in [0.25, 0.3) is 0 Å². The van der Waals surface area contributed by atoms with Crippen LogP contribution in [0.15, 0.2) is 46.5 Å². The van der Waals surface area contributed by atoms with E-state index >= 15 is 0 Å². The predicted octanol–water partition coefficient (Wildman–Crippen LogP) is 4.02. The molecule has 0 amide bonds. The SMILES string of the molecule is C=N/C(=N\c1c(C)nc(-c2ccnc(N)n2)n1C1CC1)Nc1cccc(Cl)c1.